The number of carbonyl (C=O) groups excluding carboxylic acids is 1. The summed E-state index contributed by atoms with van der Waals surface area (Å²) in [6.45, 7) is 0. The molecule has 3 N–H and O–H groups in total. The highest BCUT2D eigenvalue weighted by Gasteiger charge is 2.17. The monoisotopic (exact) mass is 383 g/mol. The maximum absolute atomic E-state index is 12.4. The molecule has 0 aromatic heterocycles. The van der Waals surface area contributed by atoms with E-state index >= 15 is 0 Å². The zero-order chi connectivity index (χ0) is 16.2. The van der Waals surface area contributed by atoms with Crippen LogP contribution in [0, 0.1) is 0 Å². The second-order valence-corrected chi connectivity index (χ2v) is 6.83. The minimum Gasteiger partial charge on any atom is -0.341 e. The van der Waals surface area contributed by atoms with Gasteiger partial charge in [0.05, 0.1) is 5.69 Å². The topological polar surface area (TPSA) is 87.3 Å². The third-order valence-corrected chi connectivity index (χ3v) is 5.12. The van der Waals surface area contributed by atoms with Crippen molar-refractivity contribution in [3.05, 3.63) is 53.0 Å². The summed E-state index contributed by atoms with van der Waals surface area (Å²) in [5, 5.41) is 4.99. The Labute approximate surface area is 137 Å². The van der Waals surface area contributed by atoms with Crippen molar-refractivity contribution in [1.82, 2.24) is 5.32 Å². The molecule has 0 aliphatic carbocycles. The lowest BCUT2D eigenvalue weighted by Gasteiger charge is -2.11. The largest absolute Gasteiger partial charge is 0.341 e. The minimum atomic E-state index is -3.72. The number of amides is 2. The summed E-state index contributed by atoms with van der Waals surface area (Å²) < 4.78 is 27.7. The van der Waals surface area contributed by atoms with Crippen LogP contribution in [0.1, 0.15) is 0 Å². The Morgan fingerprint density at radius 2 is 1.73 bits per heavy atom. The van der Waals surface area contributed by atoms with Gasteiger partial charge < -0.3 is 10.6 Å². The van der Waals surface area contributed by atoms with Gasteiger partial charge in [0.25, 0.3) is 10.0 Å². The molecule has 116 valence electrons. The van der Waals surface area contributed by atoms with Crippen molar-refractivity contribution in [3.63, 3.8) is 0 Å². The predicted molar refractivity (Wildman–Crippen MR) is 89.5 cm³/mol. The van der Waals surface area contributed by atoms with Crippen molar-refractivity contribution >= 4 is 43.4 Å². The van der Waals surface area contributed by atoms with E-state index in [1.165, 1.54) is 19.2 Å². The average Bonchev–Trinajstić information content (AvgIpc) is 2.47. The molecule has 0 saturated heterocycles. The van der Waals surface area contributed by atoms with Gasteiger partial charge >= 0.3 is 6.03 Å². The third-order valence-electron chi connectivity index (χ3n) is 2.73. The fourth-order valence-electron chi connectivity index (χ4n) is 1.73. The predicted octanol–water partition coefficient (Wildman–Crippen LogP) is 3.00. The first kappa shape index (κ1) is 16.3. The molecule has 2 aromatic carbocycles. The Kier molecular flexibility index (Phi) is 5.04. The smallest absolute Gasteiger partial charge is 0.318 e. The molecule has 0 spiro atoms. The lowest BCUT2D eigenvalue weighted by Crippen LogP contribution is -2.24. The van der Waals surface area contributed by atoms with E-state index in [0.29, 0.717) is 15.8 Å². The summed E-state index contributed by atoms with van der Waals surface area (Å²) in [5.74, 6) is 0. The molecule has 0 saturated carbocycles. The Morgan fingerprint density at radius 3 is 2.41 bits per heavy atom. The van der Waals surface area contributed by atoms with Crippen molar-refractivity contribution in [2.75, 3.05) is 17.1 Å². The normalized spacial score (nSPS) is 10.8. The molecule has 0 radical (unpaired) electrons. The molecule has 2 aromatic rings. The van der Waals surface area contributed by atoms with Crippen LogP contribution in [0.5, 0.6) is 0 Å². The van der Waals surface area contributed by atoms with Gasteiger partial charge in [-0.2, -0.15) is 0 Å². The zero-order valence-electron chi connectivity index (χ0n) is 11.6. The number of anilines is 2. The van der Waals surface area contributed by atoms with E-state index in [1.807, 2.05) is 0 Å². The summed E-state index contributed by atoms with van der Waals surface area (Å²) in [6, 6.07) is 12.6. The van der Waals surface area contributed by atoms with Gasteiger partial charge in [0, 0.05) is 17.2 Å². The standard InChI is InChI=1S/C14H14BrN3O3S/c1-16-14(19)17-10-5-4-6-11(9-10)18-22(20,21)13-8-3-2-7-12(13)15/h2-9,18H,1H3,(H2,16,17,19). The number of hydrogen-bond acceptors (Lipinski definition) is 3. The van der Waals surface area contributed by atoms with Gasteiger partial charge in [0.1, 0.15) is 4.90 Å². The Balaban J connectivity index is 2.25. The number of carbonyl (C=O) groups is 1. The number of urea groups is 1. The third kappa shape index (κ3) is 3.99. The summed E-state index contributed by atoms with van der Waals surface area (Å²) >= 11 is 3.22. The fourth-order valence-corrected chi connectivity index (χ4v) is 3.78. The number of nitrogens with one attached hydrogen (secondary N) is 3. The number of benzene rings is 2. The zero-order valence-corrected chi connectivity index (χ0v) is 14.0. The van der Waals surface area contributed by atoms with Crippen molar-refractivity contribution < 1.29 is 13.2 Å². The lowest BCUT2D eigenvalue weighted by molar-refractivity contribution is 0.254. The van der Waals surface area contributed by atoms with Crippen LogP contribution in [0.25, 0.3) is 0 Å². The highest BCUT2D eigenvalue weighted by Crippen LogP contribution is 2.24. The Hall–Kier alpha value is -2.06. The maximum atomic E-state index is 12.4. The van der Waals surface area contributed by atoms with Crippen LogP contribution >= 0.6 is 15.9 Å². The molecule has 0 heterocycles. The molecule has 0 fully saturated rings. The van der Waals surface area contributed by atoms with Gasteiger partial charge in [0.2, 0.25) is 0 Å². The molecule has 0 atom stereocenters. The average molecular weight is 384 g/mol. The van der Waals surface area contributed by atoms with E-state index in [2.05, 4.69) is 31.3 Å². The summed E-state index contributed by atoms with van der Waals surface area (Å²) in [6.07, 6.45) is 0. The van der Waals surface area contributed by atoms with Gasteiger partial charge in [-0.25, -0.2) is 13.2 Å². The molecule has 2 rings (SSSR count). The van der Waals surface area contributed by atoms with Crippen LogP contribution in [0.3, 0.4) is 0 Å². The number of rotatable bonds is 4. The molecule has 8 heteroatoms. The van der Waals surface area contributed by atoms with Crippen LogP contribution < -0.4 is 15.4 Å². The molecule has 0 bridgehead atoms. The molecule has 0 aliphatic rings. The van der Waals surface area contributed by atoms with Crippen molar-refractivity contribution in [2.45, 2.75) is 4.90 Å². The van der Waals surface area contributed by atoms with E-state index in [1.54, 1.807) is 36.4 Å². The van der Waals surface area contributed by atoms with Gasteiger partial charge in [-0.15, -0.1) is 0 Å². The molecular weight excluding hydrogens is 370 g/mol. The Bertz CT molecular complexity index is 793. The first-order valence-electron chi connectivity index (χ1n) is 6.28. The van der Waals surface area contributed by atoms with Crippen LogP contribution in [0.4, 0.5) is 16.2 Å². The molecule has 0 unspecified atom stereocenters. The number of hydrogen-bond donors (Lipinski definition) is 3. The van der Waals surface area contributed by atoms with E-state index in [-0.39, 0.29) is 10.9 Å². The van der Waals surface area contributed by atoms with E-state index in [9.17, 15) is 13.2 Å². The fraction of sp³-hybridized carbons (Fsp3) is 0.0714. The van der Waals surface area contributed by atoms with Crippen LogP contribution in [-0.2, 0) is 10.0 Å². The van der Waals surface area contributed by atoms with Crippen molar-refractivity contribution in [3.8, 4) is 0 Å². The van der Waals surface area contributed by atoms with Crippen LogP contribution in [-0.4, -0.2) is 21.5 Å². The van der Waals surface area contributed by atoms with E-state index in [4.69, 9.17) is 0 Å². The molecule has 22 heavy (non-hydrogen) atoms. The second-order valence-electron chi connectivity index (χ2n) is 4.32. The minimum absolute atomic E-state index is 0.139. The maximum Gasteiger partial charge on any atom is 0.318 e. The molecule has 2 amide bonds. The summed E-state index contributed by atoms with van der Waals surface area (Å²) in [5.41, 5.74) is 0.830. The highest BCUT2D eigenvalue weighted by molar-refractivity contribution is 9.10. The number of sulfonamides is 1. The van der Waals surface area contributed by atoms with Crippen LogP contribution in [0.15, 0.2) is 57.9 Å². The molecular formula is C14H14BrN3O3S. The van der Waals surface area contributed by atoms with E-state index < -0.39 is 10.0 Å². The van der Waals surface area contributed by atoms with E-state index in [0.717, 1.165) is 0 Å². The summed E-state index contributed by atoms with van der Waals surface area (Å²) in [7, 11) is -2.23. The first-order valence-corrected chi connectivity index (χ1v) is 8.56. The van der Waals surface area contributed by atoms with Crippen molar-refractivity contribution in [2.24, 2.45) is 0 Å². The second kappa shape index (κ2) is 6.80. The summed E-state index contributed by atoms with van der Waals surface area (Å²) in [4.78, 5) is 11.4. The SMILES string of the molecule is CNC(=O)Nc1cccc(NS(=O)(=O)c2ccccc2Br)c1. The lowest BCUT2D eigenvalue weighted by atomic mass is 10.3. The van der Waals surface area contributed by atoms with Crippen LogP contribution in [0.2, 0.25) is 0 Å². The van der Waals surface area contributed by atoms with Gasteiger partial charge in [0.15, 0.2) is 0 Å². The van der Waals surface area contributed by atoms with Crippen molar-refractivity contribution in [1.29, 1.82) is 0 Å². The number of halogens is 1. The quantitative estimate of drug-likeness (QED) is 0.758. The van der Waals surface area contributed by atoms with Gasteiger partial charge in [-0.05, 0) is 46.3 Å². The Morgan fingerprint density at radius 1 is 1.05 bits per heavy atom. The molecule has 6 nitrogen and oxygen atoms in total. The first-order chi connectivity index (χ1) is 10.4. The van der Waals surface area contributed by atoms with Gasteiger partial charge in [-0.1, -0.05) is 18.2 Å². The molecule has 0 aliphatic heterocycles. The van der Waals surface area contributed by atoms with Gasteiger partial charge in [-0.3, -0.25) is 4.72 Å². The highest BCUT2D eigenvalue weighted by atomic mass is 79.9.